The molecule has 1 N–H and O–H groups in total. The first-order valence-electron chi connectivity index (χ1n) is 8.68. The lowest BCUT2D eigenvalue weighted by Gasteiger charge is -2.14. The fourth-order valence-electron chi connectivity index (χ4n) is 2.87. The van der Waals surface area contributed by atoms with Crippen LogP contribution in [0.5, 0.6) is 5.75 Å². The number of hydrogen-bond acceptors (Lipinski definition) is 3. The number of benzene rings is 3. The second-order valence-corrected chi connectivity index (χ2v) is 6.37. The number of esters is 1. The van der Waals surface area contributed by atoms with Gasteiger partial charge in [-0.3, -0.25) is 0 Å². The summed E-state index contributed by atoms with van der Waals surface area (Å²) in [6.45, 7) is 6.10. The van der Waals surface area contributed by atoms with Crippen LogP contribution in [-0.4, -0.2) is 17.7 Å². The highest BCUT2D eigenvalue weighted by molar-refractivity contribution is 5.95. The number of carbonyl (C=O) groups is 1. The standard InChI is InChI=1S/C23H22O3/c1-4-26-23(25)19-13-20(17-9-5-15(2)6-10-17)22(24)21(14-19)18-11-7-16(3)8-12-18/h5-14,24H,4H2,1-3H3. The zero-order valence-corrected chi connectivity index (χ0v) is 15.2. The van der Waals surface area contributed by atoms with Gasteiger partial charge in [0.15, 0.2) is 0 Å². The van der Waals surface area contributed by atoms with Crippen LogP contribution in [0.3, 0.4) is 0 Å². The number of aryl methyl sites for hydroxylation is 2. The Labute approximate surface area is 153 Å². The normalized spacial score (nSPS) is 10.6. The molecule has 3 nitrogen and oxygen atoms in total. The minimum atomic E-state index is -0.394. The molecule has 3 aromatic carbocycles. The van der Waals surface area contributed by atoms with E-state index in [4.69, 9.17) is 4.74 Å². The van der Waals surface area contributed by atoms with Crippen LogP contribution in [-0.2, 0) is 4.74 Å². The minimum Gasteiger partial charge on any atom is -0.507 e. The monoisotopic (exact) mass is 346 g/mol. The van der Waals surface area contributed by atoms with E-state index in [0.717, 1.165) is 22.3 Å². The van der Waals surface area contributed by atoms with Gasteiger partial charge in [-0.2, -0.15) is 0 Å². The van der Waals surface area contributed by atoms with Crippen LogP contribution in [0.25, 0.3) is 22.3 Å². The number of phenolic OH excluding ortho intramolecular Hbond substituents is 1. The van der Waals surface area contributed by atoms with Gasteiger partial charge in [0.2, 0.25) is 0 Å². The van der Waals surface area contributed by atoms with Gasteiger partial charge in [0.1, 0.15) is 5.75 Å². The number of phenols is 1. The van der Waals surface area contributed by atoms with Crippen molar-refractivity contribution in [3.63, 3.8) is 0 Å². The first-order valence-corrected chi connectivity index (χ1v) is 8.68. The van der Waals surface area contributed by atoms with E-state index in [0.29, 0.717) is 23.3 Å². The van der Waals surface area contributed by atoms with E-state index in [9.17, 15) is 9.90 Å². The van der Waals surface area contributed by atoms with Gasteiger partial charge < -0.3 is 9.84 Å². The molecule has 3 heteroatoms. The summed E-state index contributed by atoms with van der Waals surface area (Å²) in [6, 6.07) is 19.1. The second-order valence-electron chi connectivity index (χ2n) is 6.37. The molecule has 3 rings (SSSR count). The highest BCUT2D eigenvalue weighted by atomic mass is 16.5. The van der Waals surface area contributed by atoms with Gasteiger partial charge in [0.05, 0.1) is 12.2 Å². The molecule has 0 aromatic heterocycles. The smallest absolute Gasteiger partial charge is 0.338 e. The van der Waals surface area contributed by atoms with Crippen molar-refractivity contribution < 1.29 is 14.6 Å². The summed E-state index contributed by atoms with van der Waals surface area (Å²) in [5.41, 5.74) is 5.63. The van der Waals surface area contributed by atoms with E-state index in [-0.39, 0.29) is 5.75 Å². The molecule has 0 aliphatic heterocycles. The van der Waals surface area contributed by atoms with Crippen LogP contribution >= 0.6 is 0 Å². The zero-order valence-electron chi connectivity index (χ0n) is 15.2. The zero-order chi connectivity index (χ0) is 18.7. The van der Waals surface area contributed by atoms with Gasteiger partial charge in [0, 0.05) is 11.1 Å². The van der Waals surface area contributed by atoms with Crippen LogP contribution < -0.4 is 0 Å². The van der Waals surface area contributed by atoms with Gasteiger partial charge in [-0.1, -0.05) is 59.7 Å². The van der Waals surface area contributed by atoms with E-state index in [1.54, 1.807) is 19.1 Å². The average molecular weight is 346 g/mol. The predicted molar refractivity (Wildman–Crippen MR) is 104 cm³/mol. The summed E-state index contributed by atoms with van der Waals surface area (Å²) in [4.78, 5) is 12.3. The Balaban J connectivity index is 2.21. The van der Waals surface area contributed by atoms with E-state index in [2.05, 4.69) is 0 Å². The molecule has 0 saturated carbocycles. The fraction of sp³-hybridized carbons (Fsp3) is 0.174. The average Bonchev–Trinajstić information content (AvgIpc) is 2.64. The number of ether oxygens (including phenoxy) is 1. The lowest BCUT2D eigenvalue weighted by Crippen LogP contribution is -2.05. The van der Waals surface area contributed by atoms with Gasteiger partial charge in [-0.15, -0.1) is 0 Å². The van der Waals surface area contributed by atoms with E-state index in [1.807, 2.05) is 62.4 Å². The lowest BCUT2D eigenvalue weighted by molar-refractivity contribution is 0.0526. The van der Waals surface area contributed by atoms with Gasteiger partial charge in [0.25, 0.3) is 0 Å². The first kappa shape index (κ1) is 17.7. The van der Waals surface area contributed by atoms with Crippen LogP contribution in [0.1, 0.15) is 28.4 Å². The first-order chi connectivity index (χ1) is 12.5. The quantitative estimate of drug-likeness (QED) is 0.633. The topological polar surface area (TPSA) is 46.5 Å². The van der Waals surface area contributed by atoms with Crippen LogP contribution in [0, 0.1) is 13.8 Å². The molecule has 0 heterocycles. The molecule has 0 unspecified atom stereocenters. The Morgan fingerprint density at radius 3 is 1.65 bits per heavy atom. The Hall–Kier alpha value is -3.07. The molecule has 0 aliphatic carbocycles. The molecule has 0 fully saturated rings. The lowest BCUT2D eigenvalue weighted by atomic mass is 9.94. The molecule has 0 bridgehead atoms. The molecule has 132 valence electrons. The Bertz CT molecular complexity index is 856. The Kier molecular flexibility index (Phi) is 5.08. The molecule has 0 saturated heterocycles. The number of carbonyl (C=O) groups excluding carboxylic acids is 1. The highest BCUT2D eigenvalue weighted by Crippen LogP contribution is 2.39. The number of aromatic hydroxyl groups is 1. The summed E-state index contributed by atoms with van der Waals surface area (Å²) in [7, 11) is 0. The number of hydrogen-bond donors (Lipinski definition) is 1. The van der Waals surface area contributed by atoms with Crippen LogP contribution in [0.2, 0.25) is 0 Å². The summed E-state index contributed by atoms with van der Waals surface area (Å²) >= 11 is 0. The molecule has 3 aromatic rings. The third-order valence-electron chi connectivity index (χ3n) is 4.35. The van der Waals surface area contributed by atoms with Crippen LogP contribution in [0.15, 0.2) is 60.7 Å². The molecular formula is C23H22O3. The second kappa shape index (κ2) is 7.44. The Morgan fingerprint density at radius 1 is 0.846 bits per heavy atom. The molecule has 26 heavy (non-hydrogen) atoms. The summed E-state index contributed by atoms with van der Waals surface area (Å²) in [5.74, 6) is -0.236. The fourth-order valence-corrected chi connectivity index (χ4v) is 2.87. The van der Waals surface area contributed by atoms with Crippen molar-refractivity contribution in [2.24, 2.45) is 0 Å². The van der Waals surface area contributed by atoms with Gasteiger partial charge in [-0.05, 0) is 44.0 Å². The molecule has 0 spiro atoms. The van der Waals surface area contributed by atoms with Crippen molar-refractivity contribution >= 4 is 5.97 Å². The van der Waals surface area contributed by atoms with Crippen LogP contribution in [0.4, 0.5) is 0 Å². The Morgan fingerprint density at radius 2 is 1.27 bits per heavy atom. The molecule has 0 aliphatic rings. The van der Waals surface area contributed by atoms with Crippen molar-refractivity contribution in [3.05, 3.63) is 77.4 Å². The van der Waals surface area contributed by atoms with E-state index in [1.165, 1.54) is 0 Å². The van der Waals surface area contributed by atoms with Crippen molar-refractivity contribution in [1.82, 2.24) is 0 Å². The predicted octanol–water partition coefficient (Wildman–Crippen LogP) is 5.52. The maximum atomic E-state index is 12.3. The number of rotatable bonds is 4. The molecule has 0 atom stereocenters. The molecule has 0 radical (unpaired) electrons. The highest BCUT2D eigenvalue weighted by Gasteiger charge is 2.17. The van der Waals surface area contributed by atoms with Crippen molar-refractivity contribution in [3.8, 4) is 28.0 Å². The largest absolute Gasteiger partial charge is 0.507 e. The third kappa shape index (κ3) is 3.62. The minimum absolute atomic E-state index is 0.158. The van der Waals surface area contributed by atoms with Crippen molar-refractivity contribution in [1.29, 1.82) is 0 Å². The van der Waals surface area contributed by atoms with E-state index >= 15 is 0 Å². The summed E-state index contributed by atoms with van der Waals surface area (Å²) < 4.78 is 5.17. The SMILES string of the molecule is CCOC(=O)c1cc(-c2ccc(C)cc2)c(O)c(-c2ccc(C)cc2)c1. The third-order valence-corrected chi connectivity index (χ3v) is 4.35. The maximum Gasteiger partial charge on any atom is 0.338 e. The summed E-state index contributed by atoms with van der Waals surface area (Å²) in [6.07, 6.45) is 0. The summed E-state index contributed by atoms with van der Waals surface area (Å²) in [5, 5.41) is 10.9. The van der Waals surface area contributed by atoms with E-state index < -0.39 is 5.97 Å². The maximum absolute atomic E-state index is 12.3. The molecular weight excluding hydrogens is 324 g/mol. The van der Waals surface area contributed by atoms with Crippen molar-refractivity contribution in [2.75, 3.05) is 6.61 Å². The van der Waals surface area contributed by atoms with Gasteiger partial charge in [-0.25, -0.2) is 4.79 Å². The van der Waals surface area contributed by atoms with Crippen molar-refractivity contribution in [2.45, 2.75) is 20.8 Å². The van der Waals surface area contributed by atoms with Gasteiger partial charge >= 0.3 is 5.97 Å². The molecule has 0 amide bonds.